The number of alkyl halides is 5. The summed E-state index contributed by atoms with van der Waals surface area (Å²) in [5, 5.41) is 2.65. The maximum Gasteiger partial charge on any atom is 0.418 e. The van der Waals surface area contributed by atoms with Gasteiger partial charge >= 0.3 is 6.18 Å². The molecule has 10 heteroatoms. The standard InChI is InChI=1S/C22H24F5N3OS/c1-13-17(20(31)29-15-6-4-7-16(12-15)32-3)19(28-14(2)18(13)22(25,26)27)30-10-5-8-21(23,24)9-11-30/h4,6-7,12H,5,8-11H2,1-3H3,(H,29,31). The molecule has 0 unspecified atom stereocenters. The first-order valence-electron chi connectivity index (χ1n) is 10.1. The average Bonchev–Trinajstić information content (AvgIpc) is 2.86. The molecule has 0 bridgehead atoms. The molecule has 2 aromatic rings. The fourth-order valence-corrected chi connectivity index (χ4v) is 4.38. The van der Waals surface area contributed by atoms with E-state index in [0.717, 1.165) is 4.90 Å². The molecule has 0 aliphatic carbocycles. The van der Waals surface area contributed by atoms with Crippen LogP contribution in [0.15, 0.2) is 29.2 Å². The average molecular weight is 474 g/mol. The molecule has 1 aromatic heterocycles. The third-order valence-electron chi connectivity index (χ3n) is 5.46. The minimum atomic E-state index is -4.71. The number of hydrogen-bond acceptors (Lipinski definition) is 4. The number of aromatic nitrogens is 1. The lowest BCUT2D eigenvalue weighted by atomic mass is 9.99. The van der Waals surface area contributed by atoms with E-state index in [1.54, 1.807) is 18.2 Å². The highest BCUT2D eigenvalue weighted by molar-refractivity contribution is 7.98. The summed E-state index contributed by atoms with van der Waals surface area (Å²) in [5.74, 6) is -3.61. The van der Waals surface area contributed by atoms with Crippen molar-refractivity contribution >= 4 is 29.2 Å². The summed E-state index contributed by atoms with van der Waals surface area (Å²) in [6.07, 6.45) is -3.47. The van der Waals surface area contributed by atoms with E-state index < -0.39 is 30.0 Å². The number of nitrogens with one attached hydrogen (secondary N) is 1. The number of halogens is 5. The van der Waals surface area contributed by atoms with Gasteiger partial charge in [0.1, 0.15) is 5.82 Å². The number of aryl methyl sites for hydroxylation is 1. The van der Waals surface area contributed by atoms with Gasteiger partial charge in [-0.15, -0.1) is 11.8 Å². The number of anilines is 2. The number of benzene rings is 1. The molecule has 1 aromatic carbocycles. The number of rotatable bonds is 4. The lowest BCUT2D eigenvalue weighted by molar-refractivity contribution is -0.138. The largest absolute Gasteiger partial charge is 0.418 e. The Morgan fingerprint density at radius 3 is 2.56 bits per heavy atom. The van der Waals surface area contributed by atoms with Crippen LogP contribution >= 0.6 is 11.8 Å². The van der Waals surface area contributed by atoms with Crippen LogP contribution in [0.25, 0.3) is 0 Å². The van der Waals surface area contributed by atoms with E-state index in [2.05, 4.69) is 10.3 Å². The highest BCUT2D eigenvalue weighted by Crippen LogP contribution is 2.39. The van der Waals surface area contributed by atoms with Gasteiger partial charge in [-0.1, -0.05) is 6.07 Å². The molecule has 1 amide bonds. The Balaban J connectivity index is 2.09. The topological polar surface area (TPSA) is 45.2 Å². The predicted octanol–water partition coefficient (Wildman–Crippen LogP) is 6.32. The molecule has 1 saturated heterocycles. The molecule has 1 aliphatic heterocycles. The summed E-state index contributed by atoms with van der Waals surface area (Å²) in [7, 11) is 0. The smallest absolute Gasteiger partial charge is 0.356 e. The summed E-state index contributed by atoms with van der Waals surface area (Å²) in [4.78, 5) is 19.7. The second kappa shape index (κ2) is 9.25. The van der Waals surface area contributed by atoms with E-state index in [9.17, 15) is 26.7 Å². The number of thioether (sulfide) groups is 1. The summed E-state index contributed by atoms with van der Waals surface area (Å²) in [6.45, 7) is 2.51. The van der Waals surface area contributed by atoms with Gasteiger partial charge in [-0.3, -0.25) is 4.79 Å². The molecule has 0 atom stereocenters. The fraction of sp³-hybridized carbons (Fsp3) is 0.455. The number of amides is 1. The highest BCUT2D eigenvalue weighted by atomic mass is 32.2. The normalized spacial score (nSPS) is 16.6. The van der Waals surface area contributed by atoms with Crippen LogP contribution < -0.4 is 10.2 Å². The fourth-order valence-electron chi connectivity index (χ4n) is 3.92. The van der Waals surface area contributed by atoms with Gasteiger partial charge in [0, 0.05) is 36.5 Å². The summed E-state index contributed by atoms with van der Waals surface area (Å²) < 4.78 is 68.9. The van der Waals surface area contributed by atoms with Gasteiger partial charge in [0.05, 0.1) is 16.8 Å². The van der Waals surface area contributed by atoms with Gasteiger partial charge in [0.2, 0.25) is 5.92 Å². The molecule has 1 aliphatic rings. The van der Waals surface area contributed by atoms with E-state index in [1.807, 2.05) is 12.3 Å². The van der Waals surface area contributed by atoms with Crippen molar-refractivity contribution in [3.63, 3.8) is 0 Å². The van der Waals surface area contributed by atoms with Crippen molar-refractivity contribution in [3.05, 3.63) is 46.6 Å². The molecular weight excluding hydrogens is 449 g/mol. The van der Waals surface area contributed by atoms with Crippen molar-refractivity contribution in [3.8, 4) is 0 Å². The van der Waals surface area contributed by atoms with Gasteiger partial charge in [-0.05, 0) is 50.3 Å². The zero-order chi connectivity index (χ0) is 23.7. The summed E-state index contributed by atoms with van der Waals surface area (Å²) in [6, 6.07) is 6.89. The van der Waals surface area contributed by atoms with Crippen molar-refractivity contribution in [2.75, 3.05) is 29.6 Å². The number of carbonyl (C=O) groups is 1. The van der Waals surface area contributed by atoms with E-state index in [4.69, 9.17) is 0 Å². The Bertz CT molecular complexity index is 1010. The Hall–Kier alpha value is -2.36. The van der Waals surface area contributed by atoms with Gasteiger partial charge in [-0.2, -0.15) is 13.2 Å². The first kappa shape index (κ1) is 24.3. The summed E-state index contributed by atoms with van der Waals surface area (Å²) in [5.41, 5.74) is -1.37. The highest BCUT2D eigenvalue weighted by Gasteiger charge is 2.39. The van der Waals surface area contributed by atoms with E-state index in [1.165, 1.54) is 30.5 Å². The number of carbonyl (C=O) groups excluding carboxylic acids is 1. The third-order valence-corrected chi connectivity index (χ3v) is 6.19. The van der Waals surface area contributed by atoms with Crippen LogP contribution in [0.2, 0.25) is 0 Å². The van der Waals surface area contributed by atoms with Crippen LogP contribution in [0, 0.1) is 13.8 Å². The molecular formula is C22H24F5N3OS. The number of hydrogen-bond donors (Lipinski definition) is 1. The van der Waals surface area contributed by atoms with Crippen molar-refractivity contribution < 1.29 is 26.7 Å². The molecule has 3 rings (SSSR count). The molecule has 4 nitrogen and oxygen atoms in total. The Morgan fingerprint density at radius 1 is 1.19 bits per heavy atom. The van der Waals surface area contributed by atoms with Crippen LogP contribution in [0.1, 0.15) is 46.4 Å². The van der Waals surface area contributed by atoms with Gasteiger partial charge in [0.25, 0.3) is 5.91 Å². The minimum Gasteiger partial charge on any atom is -0.356 e. The van der Waals surface area contributed by atoms with Crippen LogP contribution in [0.3, 0.4) is 0 Å². The van der Waals surface area contributed by atoms with Crippen molar-refractivity contribution in [1.29, 1.82) is 0 Å². The maximum atomic E-state index is 13.9. The molecule has 1 N–H and O–H groups in total. The van der Waals surface area contributed by atoms with E-state index in [0.29, 0.717) is 5.69 Å². The van der Waals surface area contributed by atoms with E-state index in [-0.39, 0.29) is 48.6 Å². The second-order valence-electron chi connectivity index (χ2n) is 7.78. The van der Waals surface area contributed by atoms with Crippen LogP contribution in [0.4, 0.5) is 33.5 Å². The maximum absolute atomic E-state index is 13.9. The molecule has 174 valence electrons. The summed E-state index contributed by atoms with van der Waals surface area (Å²) >= 11 is 1.45. The Kier molecular flexibility index (Phi) is 7.02. The number of nitrogens with zero attached hydrogens (tertiary/aromatic N) is 2. The zero-order valence-corrected chi connectivity index (χ0v) is 18.8. The van der Waals surface area contributed by atoms with Gasteiger partial charge in [-0.25, -0.2) is 13.8 Å². The van der Waals surface area contributed by atoms with E-state index >= 15 is 0 Å². The van der Waals surface area contributed by atoms with Crippen LogP contribution in [-0.2, 0) is 6.18 Å². The predicted molar refractivity (Wildman–Crippen MR) is 116 cm³/mol. The third kappa shape index (κ3) is 5.33. The van der Waals surface area contributed by atoms with Crippen molar-refractivity contribution in [2.24, 2.45) is 0 Å². The lowest BCUT2D eigenvalue weighted by Gasteiger charge is -2.27. The SMILES string of the molecule is CSc1cccc(NC(=O)c2c(N3CCCC(F)(F)CC3)nc(C)c(C(F)(F)F)c2C)c1. The van der Waals surface area contributed by atoms with Gasteiger partial charge in [0.15, 0.2) is 0 Å². The Labute approximate surface area is 187 Å². The van der Waals surface area contributed by atoms with Crippen LogP contribution in [-0.4, -0.2) is 36.2 Å². The molecule has 0 radical (unpaired) electrons. The molecule has 0 spiro atoms. The minimum absolute atomic E-state index is 0.00391. The quantitative estimate of drug-likeness (QED) is 0.417. The van der Waals surface area contributed by atoms with Crippen LogP contribution in [0.5, 0.6) is 0 Å². The first-order valence-corrected chi connectivity index (χ1v) is 11.3. The monoisotopic (exact) mass is 473 g/mol. The first-order chi connectivity index (χ1) is 14.9. The van der Waals surface area contributed by atoms with Crippen molar-refractivity contribution in [2.45, 2.75) is 50.1 Å². The second-order valence-corrected chi connectivity index (χ2v) is 8.66. The van der Waals surface area contributed by atoms with Crippen molar-refractivity contribution in [1.82, 2.24) is 4.98 Å². The molecule has 1 fully saturated rings. The molecule has 0 saturated carbocycles. The Morgan fingerprint density at radius 2 is 1.91 bits per heavy atom. The lowest BCUT2D eigenvalue weighted by Crippen LogP contribution is -2.31. The molecule has 2 heterocycles. The zero-order valence-electron chi connectivity index (χ0n) is 17.9. The molecule has 32 heavy (non-hydrogen) atoms. The van der Waals surface area contributed by atoms with Gasteiger partial charge < -0.3 is 10.2 Å². The number of pyridine rings is 1.